The van der Waals surface area contributed by atoms with Crippen LogP contribution < -0.4 is 5.32 Å². The number of hydrogen-bond donors (Lipinski definition) is 1. The Morgan fingerprint density at radius 2 is 2.27 bits per heavy atom. The third-order valence-electron chi connectivity index (χ3n) is 3.17. The standard InChI is InChI=1S/C10H16N2O2S/c1-6(13)8-5-15-9-4-3-7(11-2)10(14)12(8)9/h7-9,11H,3-5H2,1-2H3/t7-,8-,9-/m1/s1. The summed E-state index contributed by atoms with van der Waals surface area (Å²) in [5.41, 5.74) is 0. The molecular weight excluding hydrogens is 212 g/mol. The summed E-state index contributed by atoms with van der Waals surface area (Å²) in [4.78, 5) is 25.3. The van der Waals surface area contributed by atoms with Crippen molar-refractivity contribution in [2.45, 2.75) is 37.2 Å². The summed E-state index contributed by atoms with van der Waals surface area (Å²) in [7, 11) is 1.80. The van der Waals surface area contributed by atoms with Crippen molar-refractivity contribution in [3.05, 3.63) is 0 Å². The quantitative estimate of drug-likeness (QED) is 0.735. The average molecular weight is 228 g/mol. The average Bonchev–Trinajstić information content (AvgIpc) is 2.63. The minimum atomic E-state index is -0.191. The third kappa shape index (κ3) is 1.78. The van der Waals surface area contributed by atoms with Gasteiger partial charge in [-0.25, -0.2) is 0 Å². The number of amides is 1. The van der Waals surface area contributed by atoms with Gasteiger partial charge in [0.1, 0.15) is 6.04 Å². The first-order chi connectivity index (χ1) is 7.15. The maximum atomic E-state index is 12.1. The first-order valence-corrected chi connectivity index (χ1v) is 6.31. The number of hydrogen-bond acceptors (Lipinski definition) is 4. The molecule has 0 saturated carbocycles. The van der Waals surface area contributed by atoms with Crippen molar-refractivity contribution >= 4 is 23.5 Å². The molecule has 0 spiro atoms. The van der Waals surface area contributed by atoms with E-state index in [-0.39, 0.29) is 29.1 Å². The number of carbonyl (C=O) groups excluding carboxylic acids is 2. The summed E-state index contributed by atoms with van der Waals surface area (Å²) < 4.78 is 0. The largest absolute Gasteiger partial charge is 0.318 e. The molecule has 2 aliphatic rings. The summed E-state index contributed by atoms with van der Waals surface area (Å²) in [6.45, 7) is 1.57. The number of Topliss-reactive ketones (excluding diaryl/α,β-unsaturated/α-hetero) is 1. The molecule has 0 radical (unpaired) electrons. The van der Waals surface area contributed by atoms with Crippen LogP contribution >= 0.6 is 11.8 Å². The molecule has 84 valence electrons. The highest BCUT2D eigenvalue weighted by molar-refractivity contribution is 8.00. The molecule has 15 heavy (non-hydrogen) atoms. The molecule has 2 saturated heterocycles. The molecule has 0 bridgehead atoms. The lowest BCUT2D eigenvalue weighted by Gasteiger charge is -2.36. The molecule has 2 fully saturated rings. The SMILES string of the molecule is CN[C@@H]1CC[C@H]2SC[C@H](C(C)=O)N2C1=O. The summed E-state index contributed by atoms with van der Waals surface area (Å²) in [5.74, 6) is 0.969. The molecule has 0 aromatic rings. The van der Waals surface area contributed by atoms with Crippen molar-refractivity contribution < 1.29 is 9.59 Å². The van der Waals surface area contributed by atoms with Gasteiger partial charge in [0.05, 0.1) is 11.4 Å². The predicted molar refractivity (Wildman–Crippen MR) is 59.6 cm³/mol. The summed E-state index contributed by atoms with van der Waals surface area (Å²) in [6, 6.07) is -0.287. The van der Waals surface area contributed by atoms with E-state index in [0.717, 1.165) is 18.6 Å². The van der Waals surface area contributed by atoms with Crippen LogP contribution in [-0.2, 0) is 9.59 Å². The van der Waals surface area contributed by atoms with E-state index < -0.39 is 0 Å². The van der Waals surface area contributed by atoms with E-state index in [9.17, 15) is 9.59 Å². The minimum Gasteiger partial charge on any atom is -0.318 e. The van der Waals surface area contributed by atoms with Gasteiger partial charge in [0, 0.05) is 5.75 Å². The zero-order valence-electron chi connectivity index (χ0n) is 9.03. The summed E-state index contributed by atoms with van der Waals surface area (Å²) >= 11 is 1.74. The predicted octanol–water partition coefficient (Wildman–Crippen LogP) is 0.227. The molecule has 0 unspecified atom stereocenters. The van der Waals surface area contributed by atoms with Gasteiger partial charge in [-0.1, -0.05) is 0 Å². The van der Waals surface area contributed by atoms with Gasteiger partial charge in [-0.15, -0.1) is 11.8 Å². The van der Waals surface area contributed by atoms with E-state index in [1.165, 1.54) is 0 Å². The van der Waals surface area contributed by atoms with Gasteiger partial charge in [0.25, 0.3) is 0 Å². The lowest BCUT2D eigenvalue weighted by atomic mass is 10.0. The maximum Gasteiger partial charge on any atom is 0.241 e. The van der Waals surface area contributed by atoms with E-state index >= 15 is 0 Å². The molecule has 0 aromatic heterocycles. The van der Waals surface area contributed by atoms with Crippen LogP contribution in [0.25, 0.3) is 0 Å². The van der Waals surface area contributed by atoms with Gasteiger partial charge in [0.15, 0.2) is 5.78 Å². The number of thioether (sulfide) groups is 1. The normalized spacial score (nSPS) is 35.5. The Kier molecular flexibility index (Phi) is 3.02. The number of likely N-dealkylation sites (N-methyl/N-ethyl adjacent to an activating group) is 1. The lowest BCUT2D eigenvalue weighted by Crippen LogP contribution is -2.55. The van der Waals surface area contributed by atoms with Crippen molar-refractivity contribution in [1.29, 1.82) is 0 Å². The monoisotopic (exact) mass is 228 g/mol. The van der Waals surface area contributed by atoms with Crippen molar-refractivity contribution in [3.63, 3.8) is 0 Å². The van der Waals surface area contributed by atoms with E-state index in [0.29, 0.717) is 0 Å². The lowest BCUT2D eigenvalue weighted by molar-refractivity contribution is -0.142. The molecule has 5 heteroatoms. The van der Waals surface area contributed by atoms with Crippen molar-refractivity contribution in [2.75, 3.05) is 12.8 Å². The molecule has 4 nitrogen and oxygen atoms in total. The number of nitrogens with zero attached hydrogens (tertiary/aromatic N) is 1. The second kappa shape index (κ2) is 4.14. The van der Waals surface area contributed by atoms with Crippen LogP contribution in [0.3, 0.4) is 0 Å². The Balaban J connectivity index is 2.18. The van der Waals surface area contributed by atoms with Crippen molar-refractivity contribution in [1.82, 2.24) is 10.2 Å². The molecule has 1 amide bonds. The molecular formula is C10H16N2O2S. The Morgan fingerprint density at radius 1 is 1.53 bits per heavy atom. The Bertz CT molecular complexity index is 295. The van der Waals surface area contributed by atoms with Crippen LogP contribution in [0.1, 0.15) is 19.8 Å². The van der Waals surface area contributed by atoms with E-state index in [4.69, 9.17) is 0 Å². The molecule has 0 aromatic carbocycles. The number of fused-ring (bicyclic) bond motifs is 1. The zero-order valence-corrected chi connectivity index (χ0v) is 9.84. The highest BCUT2D eigenvalue weighted by Gasteiger charge is 2.44. The Hall–Kier alpha value is -0.550. The Labute approximate surface area is 93.8 Å². The first-order valence-electron chi connectivity index (χ1n) is 5.26. The van der Waals surface area contributed by atoms with Crippen LogP contribution in [0, 0.1) is 0 Å². The van der Waals surface area contributed by atoms with Gasteiger partial charge in [-0.2, -0.15) is 0 Å². The fourth-order valence-electron chi connectivity index (χ4n) is 2.28. The summed E-state index contributed by atoms with van der Waals surface area (Å²) in [5, 5.41) is 3.25. The van der Waals surface area contributed by atoms with Gasteiger partial charge in [-0.05, 0) is 26.8 Å². The van der Waals surface area contributed by atoms with Crippen LogP contribution in [0.15, 0.2) is 0 Å². The first kappa shape index (κ1) is 11.0. The van der Waals surface area contributed by atoms with E-state index in [1.54, 1.807) is 30.6 Å². The van der Waals surface area contributed by atoms with Crippen molar-refractivity contribution in [3.8, 4) is 0 Å². The van der Waals surface area contributed by atoms with Crippen LogP contribution in [0.5, 0.6) is 0 Å². The van der Waals surface area contributed by atoms with Crippen LogP contribution in [-0.4, -0.2) is 46.8 Å². The van der Waals surface area contributed by atoms with E-state index in [2.05, 4.69) is 5.32 Å². The van der Waals surface area contributed by atoms with Gasteiger partial charge >= 0.3 is 0 Å². The number of carbonyl (C=O) groups is 2. The number of piperidine rings is 1. The maximum absolute atomic E-state index is 12.1. The van der Waals surface area contributed by atoms with Crippen LogP contribution in [0.4, 0.5) is 0 Å². The van der Waals surface area contributed by atoms with Gasteiger partial charge < -0.3 is 10.2 Å². The second-order valence-electron chi connectivity index (χ2n) is 4.08. The zero-order chi connectivity index (χ0) is 11.0. The number of rotatable bonds is 2. The molecule has 2 aliphatic heterocycles. The minimum absolute atomic E-state index is 0.0956. The van der Waals surface area contributed by atoms with Gasteiger partial charge in [0.2, 0.25) is 5.91 Å². The third-order valence-corrected chi connectivity index (χ3v) is 4.52. The fourth-order valence-corrected chi connectivity index (χ4v) is 3.79. The highest BCUT2D eigenvalue weighted by Crippen LogP contribution is 2.36. The smallest absolute Gasteiger partial charge is 0.241 e. The van der Waals surface area contributed by atoms with Crippen LogP contribution in [0.2, 0.25) is 0 Å². The second-order valence-corrected chi connectivity index (χ2v) is 5.29. The topological polar surface area (TPSA) is 49.4 Å². The summed E-state index contributed by atoms with van der Waals surface area (Å²) in [6.07, 6.45) is 1.87. The highest BCUT2D eigenvalue weighted by atomic mass is 32.2. The molecule has 0 aliphatic carbocycles. The molecule has 1 N–H and O–H groups in total. The molecule has 2 heterocycles. The fraction of sp³-hybridized carbons (Fsp3) is 0.800. The Morgan fingerprint density at radius 3 is 2.87 bits per heavy atom. The van der Waals surface area contributed by atoms with Gasteiger partial charge in [-0.3, -0.25) is 9.59 Å². The number of ketones is 1. The number of nitrogens with one attached hydrogen (secondary N) is 1. The molecule has 3 atom stereocenters. The molecule has 2 rings (SSSR count). The van der Waals surface area contributed by atoms with E-state index in [1.807, 2.05) is 0 Å². The van der Waals surface area contributed by atoms with Crippen molar-refractivity contribution in [2.24, 2.45) is 0 Å².